The third kappa shape index (κ3) is 4.58. The molecule has 12 nitrogen and oxygen atoms in total. The van der Waals surface area contributed by atoms with E-state index in [2.05, 4.69) is 5.32 Å². The summed E-state index contributed by atoms with van der Waals surface area (Å²) >= 11 is 0. The minimum Gasteiger partial charge on any atom is -0.463 e. The molecule has 168 valence electrons. The molecular weight excluding hydrogens is 444 g/mol. The maximum atomic E-state index is 12.3. The number of sulfonamides is 1. The highest BCUT2D eigenvalue weighted by Crippen LogP contribution is 2.27. The standard InChI is InChI=1S/C19H18N4O8S/c1-20-15-7-6-12(10-16(15)23(27)28)32(29,30)21-11-17(24)31-9-8-22-18(25)13-4-2-3-5-14(13)19(22)26/h2-7,10,20-21H,8-9,11H2,1H3. The van der Waals surface area contributed by atoms with E-state index >= 15 is 0 Å². The molecule has 1 aliphatic rings. The van der Waals surface area contributed by atoms with Gasteiger partial charge in [-0.05, 0) is 24.3 Å². The van der Waals surface area contributed by atoms with Crippen LogP contribution in [0.5, 0.6) is 0 Å². The number of hydrogen-bond donors (Lipinski definition) is 2. The van der Waals surface area contributed by atoms with Crippen LogP contribution in [0, 0.1) is 10.1 Å². The Morgan fingerprint density at radius 2 is 1.75 bits per heavy atom. The number of amides is 2. The Morgan fingerprint density at radius 1 is 1.12 bits per heavy atom. The second-order valence-corrected chi connectivity index (χ2v) is 8.31. The fourth-order valence-corrected chi connectivity index (χ4v) is 4.01. The number of fused-ring (bicyclic) bond motifs is 1. The molecule has 0 radical (unpaired) electrons. The van der Waals surface area contributed by atoms with Crippen LogP contribution in [0.1, 0.15) is 20.7 Å². The van der Waals surface area contributed by atoms with Crippen molar-refractivity contribution in [3.63, 3.8) is 0 Å². The highest BCUT2D eigenvalue weighted by atomic mass is 32.2. The molecule has 0 unspecified atom stereocenters. The first-order chi connectivity index (χ1) is 15.2. The minimum atomic E-state index is -4.23. The number of nitro groups is 1. The third-order valence-electron chi connectivity index (χ3n) is 4.61. The summed E-state index contributed by atoms with van der Waals surface area (Å²) in [5, 5.41) is 13.7. The summed E-state index contributed by atoms with van der Waals surface area (Å²) in [5.74, 6) is -1.96. The number of nitro benzene ring substituents is 1. The molecule has 2 N–H and O–H groups in total. The van der Waals surface area contributed by atoms with Gasteiger partial charge in [-0.3, -0.25) is 29.4 Å². The van der Waals surface area contributed by atoms with Crippen LogP contribution in [0.4, 0.5) is 11.4 Å². The summed E-state index contributed by atoms with van der Waals surface area (Å²) in [6, 6.07) is 9.53. The van der Waals surface area contributed by atoms with Crippen molar-refractivity contribution in [2.45, 2.75) is 4.90 Å². The predicted molar refractivity (Wildman–Crippen MR) is 111 cm³/mol. The van der Waals surface area contributed by atoms with Gasteiger partial charge in [-0.15, -0.1) is 0 Å². The fraction of sp³-hybridized carbons (Fsp3) is 0.211. The lowest BCUT2D eigenvalue weighted by Crippen LogP contribution is -2.35. The van der Waals surface area contributed by atoms with Crippen molar-refractivity contribution in [3.05, 3.63) is 63.7 Å². The van der Waals surface area contributed by atoms with Crippen LogP contribution in [-0.4, -0.2) is 62.8 Å². The van der Waals surface area contributed by atoms with Crippen LogP contribution in [0.25, 0.3) is 0 Å². The van der Waals surface area contributed by atoms with Gasteiger partial charge in [0.05, 0.1) is 27.5 Å². The summed E-state index contributed by atoms with van der Waals surface area (Å²) < 4.78 is 31.6. The van der Waals surface area contributed by atoms with Gasteiger partial charge in [0.2, 0.25) is 10.0 Å². The minimum absolute atomic E-state index is 0.126. The van der Waals surface area contributed by atoms with Gasteiger partial charge in [0, 0.05) is 13.1 Å². The SMILES string of the molecule is CNc1ccc(S(=O)(=O)NCC(=O)OCCN2C(=O)c3ccccc3C2=O)cc1[N+](=O)[O-]. The first-order valence-electron chi connectivity index (χ1n) is 9.22. The van der Waals surface area contributed by atoms with Gasteiger partial charge in [0.15, 0.2) is 0 Å². The number of carbonyl (C=O) groups is 3. The highest BCUT2D eigenvalue weighted by Gasteiger charge is 2.34. The van der Waals surface area contributed by atoms with E-state index in [4.69, 9.17) is 4.74 Å². The van der Waals surface area contributed by atoms with Gasteiger partial charge in [-0.2, -0.15) is 4.72 Å². The fourth-order valence-electron chi connectivity index (χ4n) is 3.02. The van der Waals surface area contributed by atoms with Crippen molar-refractivity contribution in [3.8, 4) is 0 Å². The molecule has 0 fully saturated rings. The summed E-state index contributed by atoms with van der Waals surface area (Å²) in [6.07, 6.45) is 0. The number of benzene rings is 2. The summed E-state index contributed by atoms with van der Waals surface area (Å²) in [5.41, 5.74) is 0.199. The van der Waals surface area contributed by atoms with Crippen molar-refractivity contribution in [2.75, 3.05) is 32.1 Å². The van der Waals surface area contributed by atoms with Gasteiger partial charge < -0.3 is 10.1 Å². The van der Waals surface area contributed by atoms with Crippen molar-refractivity contribution < 1.29 is 32.5 Å². The van der Waals surface area contributed by atoms with E-state index in [-0.39, 0.29) is 30.0 Å². The smallest absolute Gasteiger partial charge is 0.321 e. The van der Waals surface area contributed by atoms with E-state index in [1.165, 1.54) is 25.2 Å². The summed E-state index contributed by atoms with van der Waals surface area (Å²) in [6.45, 7) is -1.26. The molecule has 1 heterocycles. The number of carbonyl (C=O) groups excluding carboxylic acids is 3. The zero-order valence-corrected chi connectivity index (χ0v) is 17.5. The normalized spacial score (nSPS) is 13.1. The Labute approximate surface area is 182 Å². The second kappa shape index (κ2) is 9.11. The Bertz CT molecular complexity index is 1180. The first-order valence-corrected chi connectivity index (χ1v) is 10.7. The van der Waals surface area contributed by atoms with Gasteiger partial charge >= 0.3 is 5.97 Å². The van der Waals surface area contributed by atoms with E-state index in [0.29, 0.717) is 0 Å². The number of imide groups is 1. The molecule has 0 saturated carbocycles. The highest BCUT2D eigenvalue weighted by molar-refractivity contribution is 7.89. The van der Waals surface area contributed by atoms with Crippen molar-refractivity contribution in [1.82, 2.24) is 9.62 Å². The van der Waals surface area contributed by atoms with Gasteiger partial charge in [0.1, 0.15) is 18.8 Å². The molecular formula is C19H18N4O8S. The molecule has 0 atom stereocenters. The van der Waals surface area contributed by atoms with Crippen LogP contribution in [0.2, 0.25) is 0 Å². The van der Waals surface area contributed by atoms with E-state index in [1.54, 1.807) is 12.1 Å². The number of ether oxygens (including phenoxy) is 1. The second-order valence-electron chi connectivity index (χ2n) is 6.54. The van der Waals surface area contributed by atoms with E-state index in [0.717, 1.165) is 17.0 Å². The van der Waals surface area contributed by atoms with Crippen LogP contribution in [0.3, 0.4) is 0 Å². The van der Waals surface area contributed by atoms with Gasteiger partial charge in [-0.25, -0.2) is 8.42 Å². The molecule has 3 rings (SSSR count). The number of nitrogens with zero attached hydrogens (tertiary/aromatic N) is 2. The molecule has 2 amide bonds. The van der Waals surface area contributed by atoms with Gasteiger partial charge in [0.25, 0.3) is 17.5 Å². The number of anilines is 1. The molecule has 0 aromatic heterocycles. The molecule has 0 bridgehead atoms. The molecule has 1 aliphatic heterocycles. The quantitative estimate of drug-likeness (QED) is 0.237. The number of hydrogen-bond acceptors (Lipinski definition) is 9. The van der Waals surface area contributed by atoms with Crippen molar-refractivity contribution >= 4 is 39.2 Å². The van der Waals surface area contributed by atoms with E-state index < -0.39 is 49.9 Å². The van der Waals surface area contributed by atoms with Crippen LogP contribution in [-0.2, 0) is 19.6 Å². The number of nitrogens with one attached hydrogen (secondary N) is 2. The zero-order chi connectivity index (χ0) is 23.5. The zero-order valence-electron chi connectivity index (χ0n) is 16.7. The van der Waals surface area contributed by atoms with Gasteiger partial charge in [-0.1, -0.05) is 12.1 Å². The molecule has 32 heavy (non-hydrogen) atoms. The molecule has 2 aromatic carbocycles. The molecule has 13 heteroatoms. The average Bonchev–Trinajstić information content (AvgIpc) is 3.02. The van der Waals surface area contributed by atoms with Crippen molar-refractivity contribution in [1.29, 1.82) is 0 Å². The van der Waals surface area contributed by atoms with Crippen molar-refractivity contribution in [2.24, 2.45) is 0 Å². The number of esters is 1. The Balaban J connectivity index is 1.54. The van der Waals surface area contributed by atoms with Crippen LogP contribution >= 0.6 is 0 Å². The maximum Gasteiger partial charge on any atom is 0.321 e. The lowest BCUT2D eigenvalue weighted by molar-refractivity contribution is -0.384. The Kier molecular flexibility index (Phi) is 6.50. The molecule has 0 aliphatic carbocycles. The Morgan fingerprint density at radius 3 is 2.31 bits per heavy atom. The average molecular weight is 462 g/mol. The van der Waals surface area contributed by atoms with Crippen LogP contribution < -0.4 is 10.0 Å². The maximum absolute atomic E-state index is 12.3. The third-order valence-corrected chi connectivity index (χ3v) is 6.01. The molecule has 0 saturated heterocycles. The monoisotopic (exact) mass is 462 g/mol. The van der Waals surface area contributed by atoms with E-state index in [1.807, 2.05) is 4.72 Å². The predicted octanol–water partition coefficient (Wildman–Crippen LogP) is 0.754. The van der Waals surface area contributed by atoms with Crippen LogP contribution in [0.15, 0.2) is 47.4 Å². The summed E-state index contributed by atoms with van der Waals surface area (Å²) in [7, 11) is -2.78. The van der Waals surface area contributed by atoms with E-state index in [9.17, 15) is 32.9 Å². The Hall–Kier alpha value is -3.84. The summed E-state index contributed by atoms with van der Waals surface area (Å²) in [4.78, 5) is 47.3. The molecule has 0 spiro atoms. The largest absolute Gasteiger partial charge is 0.463 e. The lowest BCUT2D eigenvalue weighted by Gasteiger charge is -2.14. The topological polar surface area (TPSA) is 165 Å². The first kappa shape index (κ1) is 22.8. The number of rotatable bonds is 9. The lowest BCUT2D eigenvalue weighted by atomic mass is 10.1. The molecule has 2 aromatic rings.